The van der Waals surface area contributed by atoms with Gasteiger partial charge in [-0.3, -0.25) is 33.1 Å². The molecule has 5 heterocycles. The predicted octanol–water partition coefficient (Wildman–Crippen LogP) is 2.54. The van der Waals surface area contributed by atoms with E-state index in [0.29, 0.717) is 38.4 Å². The molecule has 0 bridgehead atoms. The summed E-state index contributed by atoms with van der Waals surface area (Å²) in [4.78, 5) is 82.8. The Morgan fingerprint density at radius 3 is 1.85 bits per heavy atom. The zero-order chi connectivity index (χ0) is 42.3. The number of hydrogen-bond donors (Lipinski definition) is 2. The van der Waals surface area contributed by atoms with Crippen molar-refractivity contribution in [1.29, 1.82) is 0 Å². The summed E-state index contributed by atoms with van der Waals surface area (Å²) in [6.45, 7) is -0.0652. The molecule has 4 aromatic heterocycles. The smallest absolute Gasteiger partial charge is 0.279 e. The monoisotopic (exact) mass is 863 g/mol. The summed E-state index contributed by atoms with van der Waals surface area (Å²) in [5, 5.41) is 22.9. The fourth-order valence-electron chi connectivity index (χ4n) is 6.90. The summed E-state index contributed by atoms with van der Waals surface area (Å²) < 4.78 is 33.3. The van der Waals surface area contributed by atoms with E-state index in [1.807, 2.05) is 0 Å². The number of amides is 2. The van der Waals surface area contributed by atoms with Gasteiger partial charge in [0, 0.05) is 80.3 Å². The summed E-state index contributed by atoms with van der Waals surface area (Å²) in [7, 11) is -3.72. The van der Waals surface area contributed by atoms with E-state index in [2.05, 4.69) is 0 Å². The second kappa shape index (κ2) is 16.1. The van der Waals surface area contributed by atoms with Crippen LogP contribution in [0.4, 0.5) is 5.69 Å². The van der Waals surface area contributed by atoms with E-state index in [-0.39, 0.29) is 32.0 Å². The van der Waals surface area contributed by atoms with Crippen LogP contribution in [0.25, 0.3) is 11.0 Å². The van der Waals surface area contributed by atoms with Crippen molar-refractivity contribution in [3.8, 4) is 11.5 Å². The Labute approximate surface area is 344 Å². The molecule has 7 rings (SSSR count). The van der Waals surface area contributed by atoms with Gasteiger partial charge in [0.15, 0.2) is 22.5 Å². The Morgan fingerprint density at radius 2 is 1.32 bits per heavy atom. The second-order valence-corrected chi connectivity index (χ2v) is 16.8. The van der Waals surface area contributed by atoms with Gasteiger partial charge in [0.05, 0.1) is 13.1 Å². The zero-order valence-corrected chi connectivity index (χ0v) is 33.5. The van der Waals surface area contributed by atoms with E-state index in [9.17, 15) is 47.4 Å². The number of rotatable bonds is 12. The van der Waals surface area contributed by atoms with Crippen molar-refractivity contribution in [2.24, 2.45) is 0 Å². The van der Waals surface area contributed by atoms with Crippen LogP contribution in [0.3, 0.4) is 0 Å². The first-order chi connectivity index (χ1) is 28.0. The molecule has 2 aromatic carbocycles. The van der Waals surface area contributed by atoms with Crippen molar-refractivity contribution in [2.45, 2.75) is 25.9 Å². The Hall–Kier alpha value is -6.37. The number of sulfonamides is 1. The maximum absolute atomic E-state index is 14.2. The van der Waals surface area contributed by atoms with E-state index in [1.165, 1.54) is 38.8 Å². The highest BCUT2D eigenvalue weighted by atomic mass is 35.5. The highest BCUT2D eigenvalue weighted by molar-refractivity contribution is 7.92. The van der Waals surface area contributed by atoms with Crippen molar-refractivity contribution in [3.63, 3.8) is 0 Å². The van der Waals surface area contributed by atoms with Gasteiger partial charge in [0.2, 0.25) is 16.8 Å². The molecular weight excluding hydrogens is 829 g/mol. The lowest BCUT2D eigenvalue weighted by Crippen LogP contribution is -2.46. The van der Waals surface area contributed by atoms with Crippen LogP contribution in [-0.2, 0) is 27.9 Å². The number of hydrogen-bond acceptors (Lipinski definition) is 10. The molecule has 1 aliphatic rings. The lowest BCUT2D eigenvalue weighted by Gasteiger charge is -2.28. The average Bonchev–Trinajstić information content (AvgIpc) is 3.61. The first kappa shape index (κ1) is 40.8. The number of pyridine rings is 2. The molecule has 0 atom stereocenters. The van der Waals surface area contributed by atoms with Gasteiger partial charge in [-0.2, -0.15) is 0 Å². The van der Waals surface area contributed by atoms with E-state index < -0.39 is 84.1 Å². The van der Waals surface area contributed by atoms with Gasteiger partial charge in [-0.05, 0) is 41.8 Å². The van der Waals surface area contributed by atoms with E-state index >= 15 is 0 Å². The minimum atomic E-state index is -4.73. The van der Waals surface area contributed by atoms with Gasteiger partial charge in [0.25, 0.3) is 27.0 Å². The zero-order valence-electron chi connectivity index (χ0n) is 31.2. The third-order valence-electron chi connectivity index (χ3n) is 10.0. The molecule has 2 N–H and O–H groups in total. The first-order valence-electron chi connectivity index (χ1n) is 18.0. The van der Waals surface area contributed by atoms with Crippen molar-refractivity contribution < 1.29 is 28.2 Å². The molecule has 20 heteroatoms. The SMILES string of the molecule is CN(c1cn2ccn(Cc3cccc(Cl)c3)c(=O)c2c(O)c1=O)S(=O)(=O)CN(CCN1CCCC1=O)C(=O)c1cn2ccn(Cc3cccc(Cl)c3)c(=O)c2c(O)c1=O. The molecule has 59 heavy (non-hydrogen) atoms. The Balaban J connectivity index is 1.22. The van der Waals surface area contributed by atoms with Crippen LogP contribution in [-0.4, -0.2) is 90.7 Å². The van der Waals surface area contributed by atoms with E-state index in [1.54, 1.807) is 48.5 Å². The van der Waals surface area contributed by atoms with Crippen LogP contribution >= 0.6 is 23.2 Å². The quantitative estimate of drug-likeness (QED) is 0.184. The minimum Gasteiger partial charge on any atom is -0.503 e. The number of likely N-dealkylation sites (tertiary alicyclic amines) is 1. The van der Waals surface area contributed by atoms with Crippen LogP contribution in [0.15, 0.2) is 105 Å². The largest absolute Gasteiger partial charge is 0.503 e. The van der Waals surface area contributed by atoms with Gasteiger partial charge in [-0.25, -0.2) is 8.42 Å². The summed E-state index contributed by atoms with van der Waals surface area (Å²) in [5.74, 6) is -4.60. The Kier molecular flexibility index (Phi) is 11.1. The highest BCUT2D eigenvalue weighted by Crippen LogP contribution is 2.22. The van der Waals surface area contributed by atoms with Crippen molar-refractivity contribution in [1.82, 2.24) is 27.7 Å². The lowest BCUT2D eigenvalue weighted by molar-refractivity contribution is -0.127. The molecule has 0 saturated carbocycles. The number of carbonyl (C=O) groups is 2. The van der Waals surface area contributed by atoms with Crippen LogP contribution in [0.5, 0.6) is 11.5 Å². The first-order valence-corrected chi connectivity index (χ1v) is 20.4. The highest BCUT2D eigenvalue weighted by Gasteiger charge is 2.32. The molecule has 0 unspecified atom stereocenters. The fourth-order valence-corrected chi connectivity index (χ4v) is 8.57. The molecule has 1 saturated heterocycles. The Morgan fingerprint density at radius 1 is 0.780 bits per heavy atom. The second-order valence-electron chi connectivity index (χ2n) is 13.9. The number of anilines is 1. The maximum Gasteiger partial charge on any atom is 0.279 e. The normalized spacial score (nSPS) is 13.1. The molecule has 0 radical (unpaired) electrons. The molecule has 0 spiro atoms. The molecule has 1 aliphatic heterocycles. The summed E-state index contributed by atoms with van der Waals surface area (Å²) in [6.07, 6.45) is 8.28. The van der Waals surface area contributed by atoms with E-state index in [4.69, 9.17) is 23.2 Å². The molecule has 17 nitrogen and oxygen atoms in total. The average molecular weight is 865 g/mol. The van der Waals surface area contributed by atoms with Crippen LogP contribution in [0.1, 0.15) is 34.3 Å². The van der Waals surface area contributed by atoms with Gasteiger partial charge < -0.3 is 37.9 Å². The number of aromatic nitrogens is 4. The molecule has 0 aliphatic carbocycles. The number of aromatic hydroxyl groups is 2. The Bertz CT molecular complexity index is 3050. The number of carbonyl (C=O) groups excluding carboxylic acids is 2. The van der Waals surface area contributed by atoms with Crippen LogP contribution < -0.4 is 26.3 Å². The predicted molar refractivity (Wildman–Crippen MR) is 219 cm³/mol. The van der Waals surface area contributed by atoms with Gasteiger partial charge in [0.1, 0.15) is 17.1 Å². The van der Waals surface area contributed by atoms with Crippen molar-refractivity contribution >= 4 is 61.8 Å². The van der Waals surface area contributed by atoms with Crippen LogP contribution in [0.2, 0.25) is 10.0 Å². The lowest BCUT2D eigenvalue weighted by atomic mass is 10.2. The third kappa shape index (κ3) is 8.06. The molecule has 6 aromatic rings. The molecular formula is C39H35Cl2N7O10S. The number of halogens is 2. The number of fused-ring (bicyclic) bond motifs is 2. The number of benzene rings is 2. The molecule has 306 valence electrons. The number of nitrogens with zero attached hydrogens (tertiary/aromatic N) is 7. The fraction of sp³-hybridized carbons (Fsp3) is 0.231. The van der Waals surface area contributed by atoms with Crippen molar-refractivity contribution in [2.75, 3.05) is 36.9 Å². The molecule has 1 fully saturated rings. The third-order valence-corrected chi connectivity index (χ3v) is 12.2. The minimum absolute atomic E-state index is 0.0408. The van der Waals surface area contributed by atoms with Gasteiger partial charge in [-0.15, -0.1) is 0 Å². The molecule has 2 amide bonds. The van der Waals surface area contributed by atoms with Crippen molar-refractivity contribution in [3.05, 3.63) is 154 Å². The topological polar surface area (TPSA) is 205 Å². The van der Waals surface area contributed by atoms with Crippen LogP contribution in [0, 0.1) is 0 Å². The standard InChI is InChI=1S/C39H35Cl2N7O10S/c1-42(29-22-45-13-15-47(20-25-6-3-8-27(41)18-25)39(56)32(45)36(53)34(29)51)59(57,58)23-48(16-11-43-10-4-9-30(43)49)37(54)28-21-44-12-14-46(19-24-5-2-7-26(40)17-24)38(55)31(44)35(52)33(28)50/h2-3,5-8,12-15,17-18,21-22,52-53H,4,9-11,16,19-20,23H2,1H3. The van der Waals surface area contributed by atoms with E-state index in [0.717, 1.165) is 33.1 Å². The van der Waals surface area contributed by atoms with Gasteiger partial charge in [-0.1, -0.05) is 47.5 Å². The maximum atomic E-state index is 14.2. The summed E-state index contributed by atoms with van der Waals surface area (Å²) >= 11 is 12.2. The summed E-state index contributed by atoms with van der Waals surface area (Å²) in [6, 6.07) is 13.5. The summed E-state index contributed by atoms with van der Waals surface area (Å²) in [5.41, 5.74) is -4.77. The van der Waals surface area contributed by atoms with Gasteiger partial charge >= 0.3 is 0 Å².